The number of para-hydroxylation sites is 1. The van der Waals surface area contributed by atoms with Gasteiger partial charge >= 0.3 is 5.97 Å². The zero-order chi connectivity index (χ0) is 19.2. The number of carboxylic acids is 1. The van der Waals surface area contributed by atoms with Crippen LogP contribution in [0.5, 0.6) is 5.75 Å². The number of aliphatic carboxylic acids is 1. The minimum absolute atomic E-state index is 0.146. The number of benzene rings is 2. The van der Waals surface area contributed by atoms with E-state index in [-0.39, 0.29) is 5.91 Å². The third kappa shape index (κ3) is 4.20. The van der Waals surface area contributed by atoms with Crippen LogP contribution in [0.1, 0.15) is 24.5 Å². The van der Waals surface area contributed by atoms with E-state index in [1.165, 1.54) is 6.21 Å². The first-order valence-corrected chi connectivity index (χ1v) is 8.57. The Hall–Kier alpha value is -3.48. The molecule has 0 saturated heterocycles. The van der Waals surface area contributed by atoms with Crippen LogP contribution in [0.2, 0.25) is 0 Å². The van der Waals surface area contributed by atoms with E-state index >= 15 is 0 Å². The maximum atomic E-state index is 12.6. The van der Waals surface area contributed by atoms with Gasteiger partial charge < -0.3 is 14.7 Å². The summed E-state index contributed by atoms with van der Waals surface area (Å²) in [5.41, 5.74) is 2.73. The van der Waals surface area contributed by atoms with Crippen molar-refractivity contribution in [1.29, 1.82) is 0 Å². The smallest absolute Gasteiger partial charge is 0.341 e. The highest BCUT2D eigenvalue weighted by Crippen LogP contribution is 2.29. The number of hydrogen-bond acceptors (Lipinski definition) is 5. The molecule has 0 atom stereocenters. The highest BCUT2D eigenvalue weighted by molar-refractivity contribution is 6.54. The van der Waals surface area contributed by atoms with E-state index in [2.05, 4.69) is 10.2 Å². The van der Waals surface area contributed by atoms with Crippen molar-refractivity contribution in [3.63, 3.8) is 0 Å². The molecule has 27 heavy (non-hydrogen) atoms. The summed E-state index contributed by atoms with van der Waals surface area (Å²) in [5.74, 6) is -0.723. The summed E-state index contributed by atoms with van der Waals surface area (Å²) in [4.78, 5) is 24.8. The highest BCUT2D eigenvalue weighted by Gasteiger charge is 2.33. The summed E-state index contributed by atoms with van der Waals surface area (Å²) in [5, 5.41) is 16.8. The van der Waals surface area contributed by atoms with Gasteiger partial charge in [0.25, 0.3) is 5.91 Å². The number of nitrogens with zero attached hydrogens (tertiary/aromatic N) is 3. The Morgan fingerprint density at radius 1 is 1.19 bits per heavy atom. The molecule has 3 rings (SSSR count). The molecule has 0 spiro atoms. The minimum atomic E-state index is -1.03. The van der Waals surface area contributed by atoms with Crippen molar-refractivity contribution in [2.75, 3.05) is 18.1 Å². The van der Waals surface area contributed by atoms with Crippen molar-refractivity contribution >= 4 is 29.5 Å². The molecule has 1 heterocycles. The second-order valence-corrected chi connectivity index (χ2v) is 5.92. The Bertz CT molecular complexity index is 904. The molecule has 138 valence electrons. The predicted octanol–water partition coefficient (Wildman–Crippen LogP) is 2.73. The summed E-state index contributed by atoms with van der Waals surface area (Å²) in [6.45, 7) is 2.26. The van der Waals surface area contributed by atoms with Crippen LogP contribution in [0.15, 0.2) is 58.7 Å². The Labute approximate surface area is 156 Å². The van der Waals surface area contributed by atoms with E-state index in [4.69, 9.17) is 9.84 Å². The van der Waals surface area contributed by atoms with Crippen LogP contribution in [-0.2, 0) is 9.59 Å². The Morgan fingerprint density at radius 2 is 1.93 bits per heavy atom. The molecule has 2 aromatic carbocycles. The van der Waals surface area contributed by atoms with Crippen LogP contribution in [0.4, 0.5) is 5.69 Å². The van der Waals surface area contributed by atoms with E-state index in [1.54, 1.807) is 29.2 Å². The normalized spacial score (nSPS) is 14.8. The van der Waals surface area contributed by atoms with Crippen molar-refractivity contribution in [2.24, 2.45) is 10.2 Å². The molecule has 7 heteroatoms. The van der Waals surface area contributed by atoms with Crippen molar-refractivity contribution in [2.45, 2.75) is 13.3 Å². The largest absolute Gasteiger partial charge is 0.482 e. The molecule has 0 radical (unpaired) electrons. The quantitative estimate of drug-likeness (QED) is 0.603. The molecular formula is C20H19N3O4. The van der Waals surface area contributed by atoms with Gasteiger partial charge in [-0.1, -0.05) is 25.1 Å². The molecule has 1 aliphatic rings. The van der Waals surface area contributed by atoms with E-state index < -0.39 is 12.6 Å². The first-order chi connectivity index (χ1) is 13.1. The number of fused-ring (bicyclic) bond motifs is 1. The average molecular weight is 365 g/mol. The van der Waals surface area contributed by atoms with Crippen molar-refractivity contribution < 1.29 is 19.4 Å². The fraction of sp³-hybridized carbons (Fsp3) is 0.200. The lowest BCUT2D eigenvalue weighted by molar-refractivity contribution is -0.139. The van der Waals surface area contributed by atoms with Gasteiger partial charge in [0.1, 0.15) is 5.75 Å². The standard InChI is InChI=1S/C20H19N3O4/c1-2-11-23-17-6-4-3-5-16(17)19(20(23)26)22-21-12-14-7-9-15(10-8-14)27-13-18(24)25/h3-10,12H,2,11,13H2,1H3,(H,24,25)/b21-12-,22-19+. The van der Waals surface area contributed by atoms with Gasteiger partial charge in [0.2, 0.25) is 0 Å². The number of rotatable bonds is 7. The summed E-state index contributed by atoms with van der Waals surface area (Å²) in [6.07, 6.45) is 2.39. The van der Waals surface area contributed by atoms with Gasteiger partial charge in [-0.2, -0.15) is 5.10 Å². The third-order valence-corrected chi connectivity index (χ3v) is 3.95. The zero-order valence-corrected chi connectivity index (χ0v) is 14.8. The number of carbonyl (C=O) groups is 2. The van der Waals surface area contributed by atoms with Gasteiger partial charge in [0, 0.05) is 12.1 Å². The van der Waals surface area contributed by atoms with Crippen LogP contribution in [0.3, 0.4) is 0 Å². The van der Waals surface area contributed by atoms with Crippen LogP contribution in [0, 0.1) is 0 Å². The molecule has 0 aromatic heterocycles. The molecule has 0 saturated carbocycles. The van der Waals surface area contributed by atoms with Gasteiger partial charge in [-0.05, 0) is 42.3 Å². The highest BCUT2D eigenvalue weighted by atomic mass is 16.5. The van der Waals surface area contributed by atoms with Gasteiger partial charge in [-0.25, -0.2) is 4.79 Å². The number of amides is 1. The fourth-order valence-corrected chi connectivity index (χ4v) is 2.75. The molecular weight excluding hydrogens is 346 g/mol. The van der Waals surface area contributed by atoms with Gasteiger partial charge in [-0.3, -0.25) is 4.79 Å². The van der Waals surface area contributed by atoms with E-state index in [1.807, 2.05) is 31.2 Å². The predicted molar refractivity (Wildman–Crippen MR) is 103 cm³/mol. The Balaban J connectivity index is 1.75. The second kappa shape index (κ2) is 8.27. The van der Waals surface area contributed by atoms with Crippen LogP contribution in [0.25, 0.3) is 0 Å². The average Bonchev–Trinajstić information content (AvgIpc) is 2.93. The number of anilines is 1. The molecule has 1 N–H and O–H groups in total. The van der Waals surface area contributed by atoms with E-state index in [9.17, 15) is 9.59 Å². The Kier molecular flexibility index (Phi) is 5.61. The maximum Gasteiger partial charge on any atom is 0.341 e. The maximum absolute atomic E-state index is 12.6. The molecule has 1 amide bonds. The SMILES string of the molecule is CCCN1C(=O)/C(=N/N=C\c2ccc(OCC(=O)O)cc2)c2ccccc21. The lowest BCUT2D eigenvalue weighted by Gasteiger charge is -2.14. The fourth-order valence-electron chi connectivity index (χ4n) is 2.75. The molecule has 2 aromatic rings. The summed E-state index contributed by atoms with van der Waals surface area (Å²) < 4.78 is 5.07. The first kappa shape index (κ1) is 18.3. The number of carbonyl (C=O) groups excluding carboxylic acids is 1. The topological polar surface area (TPSA) is 91.6 Å². The lowest BCUT2D eigenvalue weighted by Crippen LogP contribution is -2.30. The summed E-state index contributed by atoms with van der Waals surface area (Å²) >= 11 is 0. The minimum Gasteiger partial charge on any atom is -0.482 e. The van der Waals surface area contributed by atoms with Crippen molar-refractivity contribution in [1.82, 2.24) is 0 Å². The van der Waals surface area contributed by atoms with Crippen LogP contribution < -0.4 is 9.64 Å². The van der Waals surface area contributed by atoms with E-state index in [0.717, 1.165) is 23.2 Å². The van der Waals surface area contributed by atoms with Gasteiger partial charge in [0.15, 0.2) is 12.3 Å². The summed E-state index contributed by atoms with van der Waals surface area (Å²) in [6, 6.07) is 14.3. The number of ether oxygens (including phenoxy) is 1. The van der Waals surface area contributed by atoms with Crippen LogP contribution >= 0.6 is 0 Å². The second-order valence-electron chi connectivity index (χ2n) is 5.92. The van der Waals surface area contributed by atoms with Crippen molar-refractivity contribution in [3.05, 3.63) is 59.7 Å². The van der Waals surface area contributed by atoms with Gasteiger partial charge in [0.05, 0.1) is 11.9 Å². The Morgan fingerprint density at radius 3 is 2.63 bits per heavy atom. The van der Waals surface area contributed by atoms with Crippen molar-refractivity contribution in [3.8, 4) is 5.75 Å². The molecule has 0 bridgehead atoms. The number of carboxylic acid groups (broad SMARTS) is 1. The molecule has 0 fully saturated rings. The molecule has 1 aliphatic heterocycles. The van der Waals surface area contributed by atoms with Crippen LogP contribution in [-0.4, -0.2) is 42.1 Å². The zero-order valence-electron chi connectivity index (χ0n) is 14.8. The number of hydrogen-bond donors (Lipinski definition) is 1. The third-order valence-electron chi connectivity index (χ3n) is 3.95. The van der Waals surface area contributed by atoms with E-state index in [0.29, 0.717) is 18.0 Å². The molecule has 0 unspecified atom stereocenters. The monoisotopic (exact) mass is 365 g/mol. The lowest BCUT2D eigenvalue weighted by atomic mass is 10.1. The molecule has 0 aliphatic carbocycles. The van der Waals surface area contributed by atoms with Gasteiger partial charge in [-0.15, -0.1) is 5.10 Å². The first-order valence-electron chi connectivity index (χ1n) is 8.57. The molecule has 7 nitrogen and oxygen atoms in total. The summed E-state index contributed by atoms with van der Waals surface area (Å²) in [7, 11) is 0.